The maximum Gasteiger partial charge on any atom is 0.222 e. The van der Waals surface area contributed by atoms with E-state index in [9.17, 15) is 5.11 Å². The second kappa shape index (κ2) is 9.02. The lowest BCUT2D eigenvalue weighted by Crippen LogP contribution is -2.22. The second-order valence-corrected chi connectivity index (χ2v) is 5.64. The molecule has 2 aromatic heterocycles. The molecular formula is C17H25N5O2. The highest BCUT2D eigenvalue weighted by Crippen LogP contribution is 2.24. The van der Waals surface area contributed by atoms with Crippen LogP contribution in [-0.2, 0) is 6.61 Å². The third-order valence-electron chi connectivity index (χ3n) is 3.55. The summed E-state index contributed by atoms with van der Waals surface area (Å²) in [5, 5.41) is 12.5. The number of nitrogen functional groups attached to an aromatic ring is 1. The topological polar surface area (TPSA) is 106 Å². The van der Waals surface area contributed by atoms with Gasteiger partial charge in [0, 0.05) is 18.3 Å². The van der Waals surface area contributed by atoms with E-state index in [-0.39, 0.29) is 18.6 Å². The molecule has 0 bridgehead atoms. The molecule has 0 aliphatic carbocycles. The molecule has 1 atom stereocenters. The first-order valence-electron chi connectivity index (χ1n) is 8.17. The molecular weight excluding hydrogens is 306 g/mol. The average Bonchev–Trinajstić information content (AvgIpc) is 2.55. The van der Waals surface area contributed by atoms with Crippen LogP contribution in [0.25, 0.3) is 0 Å². The lowest BCUT2D eigenvalue weighted by molar-refractivity contribution is 0.275. The van der Waals surface area contributed by atoms with E-state index in [1.54, 1.807) is 6.20 Å². The van der Waals surface area contributed by atoms with E-state index in [1.807, 2.05) is 25.1 Å². The van der Waals surface area contributed by atoms with Crippen LogP contribution in [0.1, 0.15) is 37.6 Å². The molecule has 0 amide bonds. The van der Waals surface area contributed by atoms with Gasteiger partial charge in [0.2, 0.25) is 5.95 Å². The number of nitrogens with one attached hydrogen (secondary N) is 1. The van der Waals surface area contributed by atoms with Gasteiger partial charge in [-0.3, -0.25) is 4.98 Å². The number of rotatable bonds is 9. The van der Waals surface area contributed by atoms with E-state index in [0.29, 0.717) is 24.6 Å². The Morgan fingerprint density at radius 2 is 2.12 bits per heavy atom. The maximum absolute atomic E-state index is 9.21. The van der Waals surface area contributed by atoms with E-state index in [1.165, 1.54) is 0 Å². The summed E-state index contributed by atoms with van der Waals surface area (Å²) in [6.07, 6.45) is 4.12. The fraction of sp³-hybridized carbons (Fsp3) is 0.471. The molecule has 0 fully saturated rings. The molecule has 0 saturated carbocycles. The second-order valence-electron chi connectivity index (χ2n) is 5.64. The number of nitrogens with zero attached hydrogens (tertiary/aromatic N) is 3. The number of aliphatic hydroxyl groups excluding tert-OH is 1. The van der Waals surface area contributed by atoms with Crippen LogP contribution in [0.2, 0.25) is 0 Å². The van der Waals surface area contributed by atoms with Crippen molar-refractivity contribution in [2.24, 2.45) is 0 Å². The third kappa shape index (κ3) is 5.34. The molecule has 0 aromatic carbocycles. The largest absolute Gasteiger partial charge is 0.482 e. The van der Waals surface area contributed by atoms with Gasteiger partial charge in [-0.25, -0.2) is 4.98 Å². The number of ether oxygens (including phenoxy) is 1. The third-order valence-corrected chi connectivity index (χ3v) is 3.55. The van der Waals surface area contributed by atoms with Crippen LogP contribution >= 0.6 is 0 Å². The molecule has 24 heavy (non-hydrogen) atoms. The van der Waals surface area contributed by atoms with Crippen LogP contribution in [0.3, 0.4) is 0 Å². The van der Waals surface area contributed by atoms with Crippen molar-refractivity contribution in [1.29, 1.82) is 0 Å². The first-order valence-corrected chi connectivity index (χ1v) is 8.17. The van der Waals surface area contributed by atoms with E-state index in [2.05, 4.69) is 27.2 Å². The zero-order valence-electron chi connectivity index (χ0n) is 14.2. The zero-order chi connectivity index (χ0) is 17.4. The molecule has 4 N–H and O–H groups in total. The predicted molar refractivity (Wildman–Crippen MR) is 93.8 cm³/mol. The summed E-state index contributed by atoms with van der Waals surface area (Å²) in [5.41, 5.74) is 7.47. The van der Waals surface area contributed by atoms with Gasteiger partial charge in [-0.15, -0.1) is 0 Å². The normalized spacial score (nSPS) is 12.0. The van der Waals surface area contributed by atoms with Gasteiger partial charge in [0.15, 0.2) is 11.6 Å². The van der Waals surface area contributed by atoms with E-state index >= 15 is 0 Å². The van der Waals surface area contributed by atoms with Crippen molar-refractivity contribution < 1.29 is 9.84 Å². The molecule has 0 radical (unpaired) electrons. The van der Waals surface area contributed by atoms with Crippen molar-refractivity contribution >= 4 is 11.8 Å². The van der Waals surface area contributed by atoms with Crippen LogP contribution in [0.15, 0.2) is 24.4 Å². The zero-order valence-corrected chi connectivity index (χ0v) is 14.2. The van der Waals surface area contributed by atoms with Crippen LogP contribution in [-0.4, -0.2) is 32.7 Å². The van der Waals surface area contributed by atoms with Gasteiger partial charge < -0.3 is 20.9 Å². The van der Waals surface area contributed by atoms with Gasteiger partial charge in [-0.1, -0.05) is 19.4 Å². The fourth-order valence-electron chi connectivity index (χ4n) is 2.41. The first-order chi connectivity index (χ1) is 11.6. The molecule has 2 aromatic rings. The van der Waals surface area contributed by atoms with Crippen LogP contribution in [0, 0.1) is 6.92 Å². The van der Waals surface area contributed by atoms with Crippen molar-refractivity contribution in [2.75, 3.05) is 17.7 Å². The highest BCUT2D eigenvalue weighted by Gasteiger charge is 2.13. The average molecular weight is 331 g/mol. The minimum atomic E-state index is 0.105. The Bertz CT molecular complexity index is 645. The van der Waals surface area contributed by atoms with Crippen molar-refractivity contribution in [3.05, 3.63) is 35.8 Å². The Morgan fingerprint density at radius 1 is 1.29 bits per heavy atom. The summed E-state index contributed by atoms with van der Waals surface area (Å²) in [6, 6.07) is 5.89. The molecule has 7 nitrogen and oxygen atoms in total. The molecule has 0 aliphatic rings. The summed E-state index contributed by atoms with van der Waals surface area (Å²) in [5.74, 6) is 1.24. The summed E-state index contributed by atoms with van der Waals surface area (Å²) in [6.45, 7) is 4.47. The van der Waals surface area contributed by atoms with Crippen LogP contribution in [0.4, 0.5) is 11.8 Å². The Hall–Kier alpha value is -2.41. The quantitative estimate of drug-likeness (QED) is 0.647. The highest BCUT2D eigenvalue weighted by atomic mass is 16.5. The fourth-order valence-corrected chi connectivity index (χ4v) is 2.41. The van der Waals surface area contributed by atoms with Crippen molar-refractivity contribution in [3.63, 3.8) is 0 Å². The Kier molecular flexibility index (Phi) is 6.74. The van der Waals surface area contributed by atoms with Crippen LogP contribution < -0.4 is 15.8 Å². The molecule has 0 saturated heterocycles. The van der Waals surface area contributed by atoms with Gasteiger partial charge in [0.05, 0.1) is 11.9 Å². The lowest BCUT2D eigenvalue weighted by Gasteiger charge is -2.19. The number of nitrogens with two attached hydrogens (primary N) is 1. The number of aliphatic hydroxyl groups is 1. The van der Waals surface area contributed by atoms with E-state index in [0.717, 1.165) is 24.2 Å². The first kappa shape index (κ1) is 17.9. The highest BCUT2D eigenvalue weighted by molar-refractivity contribution is 5.51. The lowest BCUT2D eigenvalue weighted by atomic mass is 10.1. The number of pyridine rings is 1. The molecule has 7 heteroatoms. The molecule has 0 spiro atoms. The number of hydrogen-bond donors (Lipinski definition) is 3. The Morgan fingerprint density at radius 3 is 2.83 bits per heavy atom. The Labute approximate surface area is 142 Å². The van der Waals surface area contributed by atoms with Gasteiger partial charge in [0.1, 0.15) is 6.61 Å². The van der Waals surface area contributed by atoms with Crippen LogP contribution in [0.5, 0.6) is 5.75 Å². The molecule has 2 heterocycles. The number of anilines is 2. The number of aromatic nitrogens is 3. The van der Waals surface area contributed by atoms with Crippen molar-refractivity contribution in [2.45, 2.75) is 45.8 Å². The summed E-state index contributed by atoms with van der Waals surface area (Å²) in [4.78, 5) is 12.6. The number of aryl methyl sites for hydroxylation is 1. The van der Waals surface area contributed by atoms with Gasteiger partial charge >= 0.3 is 0 Å². The minimum Gasteiger partial charge on any atom is -0.482 e. The standard InChI is InChI=1S/C17H25N5O2/c1-3-5-13(8-9-23)21-16-15(10-19-17(18)22-16)24-11-14-7-4-6-12(2)20-14/h4,6-7,10,13,23H,3,5,8-9,11H2,1-2H3,(H3,18,19,21,22). The predicted octanol–water partition coefficient (Wildman–Crippen LogP) is 2.30. The van der Waals surface area contributed by atoms with Gasteiger partial charge in [-0.2, -0.15) is 4.98 Å². The molecule has 1 unspecified atom stereocenters. The summed E-state index contributed by atoms with van der Waals surface area (Å²) < 4.78 is 5.82. The smallest absolute Gasteiger partial charge is 0.222 e. The SMILES string of the molecule is CCCC(CCO)Nc1nc(N)ncc1OCc1cccc(C)n1. The Balaban J connectivity index is 2.11. The van der Waals surface area contributed by atoms with Gasteiger partial charge in [-0.05, 0) is 31.9 Å². The molecule has 0 aliphatic heterocycles. The van der Waals surface area contributed by atoms with Crippen molar-refractivity contribution in [3.8, 4) is 5.75 Å². The number of hydrogen-bond acceptors (Lipinski definition) is 7. The van der Waals surface area contributed by atoms with E-state index < -0.39 is 0 Å². The van der Waals surface area contributed by atoms with Crippen molar-refractivity contribution in [1.82, 2.24) is 15.0 Å². The minimum absolute atomic E-state index is 0.105. The van der Waals surface area contributed by atoms with Gasteiger partial charge in [0.25, 0.3) is 0 Å². The summed E-state index contributed by atoms with van der Waals surface area (Å²) >= 11 is 0. The maximum atomic E-state index is 9.21. The molecule has 2 rings (SSSR count). The molecule has 130 valence electrons. The van der Waals surface area contributed by atoms with E-state index in [4.69, 9.17) is 10.5 Å². The summed E-state index contributed by atoms with van der Waals surface area (Å²) in [7, 11) is 0. The monoisotopic (exact) mass is 331 g/mol.